The van der Waals surface area contributed by atoms with Crippen LogP contribution < -0.4 is 0 Å². The molecule has 6 heteroatoms. The second kappa shape index (κ2) is 6.09. The van der Waals surface area contributed by atoms with Crippen molar-refractivity contribution in [3.63, 3.8) is 0 Å². The second-order valence-corrected chi connectivity index (χ2v) is 3.93. The SMILES string of the molecule is CCN(C(=O)c1cncc(F)c1)C(C)CC(=O)O. The number of carbonyl (C=O) groups is 2. The van der Waals surface area contributed by atoms with Gasteiger partial charge in [0.2, 0.25) is 0 Å². The largest absolute Gasteiger partial charge is 0.481 e. The summed E-state index contributed by atoms with van der Waals surface area (Å²) in [6.07, 6.45) is 2.12. The number of carboxylic acid groups (broad SMARTS) is 1. The number of halogens is 1. The number of rotatable bonds is 5. The van der Waals surface area contributed by atoms with Crippen molar-refractivity contribution in [3.8, 4) is 0 Å². The van der Waals surface area contributed by atoms with Crippen LogP contribution in [0.3, 0.4) is 0 Å². The van der Waals surface area contributed by atoms with Crippen LogP contribution in [0.2, 0.25) is 0 Å². The molecule has 1 rings (SSSR count). The second-order valence-electron chi connectivity index (χ2n) is 3.93. The van der Waals surface area contributed by atoms with Gasteiger partial charge in [-0.15, -0.1) is 0 Å². The van der Waals surface area contributed by atoms with E-state index in [9.17, 15) is 14.0 Å². The zero-order chi connectivity index (χ0) is 13.7. The molecular formula is C12H15FN2O3. The monoisotopic (exact) mass is 254 g/mol. The van der Waals surface area contributed by atoms with Crippen LogP contribution in [0.5, 0.6) is 0 Å². The van der Waals surface area contributed by atoms with Crippen molar-refractivity contribution in [2.24, 2.45) is 0 Å². The van der Waals surface area contributed by atoms with Gasteiger partial charge in [-0.05, 0) is 19.9 Å². The molecule has 0 saturated heterocycles. The summed E-state index contributed by atoms with van der Waals surface area (Å²) in [6, 6.07) is 0.633. The molecule has 18 heavy (non-hydrogen) atoms. The van der Waals surface area contributed by atoms with Crippen molar-refractivity contribution >= 4 is 11.9 Å². The molecule has 98 valence electrons. The zero-order valence-electron chi connectivity index (χ0n) is 10.3. The summed E-state index contributed by atoms with van der Waals surface area (Å²) >= 11 is 0. The predicted molar refractivity (Wildman–Crippen MR) is 62.6 cm³/mol. The molecular weight excluding hydrogens is 239 g/mol. The van der Waals surface area contributed by atoms with E-state index in [1.165, 1.54) is 11.1 Å². The average Bonchev–Trinajstić information content (AvgIpc) is 2.28. The minimum Gasteiger partial charge on any atom is -0.481 e. The lowest BCUT2D eigenvalue weighted by Crippen LogP contribution is -2.39. The third kappa shape index (κ3) is 3.51. The van der Waals surface area contributed by atoms with Crippen molar-refractivity contribution in [2.45, 2.75) is 26.3 Å². The molecule has 1 heterocycles. The minimum atomic E-state index is -0.980. The van der Waals surface area contributed by atoms with Crippen molar-refractivity contribution in [1.82, 2.24) is 9.88 Å². The smallest absolute Gasteiger partial charge is 0.305 e. The van der Waals surface area contributed by atoms with Crippen LogP contribution in [0, 0.1) is 5.82 Å². The van der Waals surface area contributed by atoms with Crippen molar-refractivity contribution in [3.05, 3.63) is 29.8 Å². The average molecular weight is 254 g/mol. The van der Waals surface area contributed by atoms with E-state index in [-0.39, 0.29) is 12.0 Å². The Morgan fingerprint density at radius 1 is 1.50 bits per heavy atom. The Bertz CT molecular complexity index is 451. The fraction of sp³-hybridized carbons (Fsp3) is 0.417. The summed E-state index contributed by atoms with van der Waals surface area (Å²) < 4.78 is 13.0. The van der Waals surface area contributed by atoms with E-state index < -0.39 is 23.7 Å². The van der Waals surface area contributed by atoms with Crippen molar-refractivity contribution < 1.29 is 19.1 Å². The Labute approximate surface area is 104 Å². The number of pyridine rings is 1. The minimum absolute atomic E-state index is 0.120. The first-order valence-corrected chi connectivity index (χ1v) is 5.59. The third-order valence-electron chi connectivity index (χ3n) is 2.56. The molecule has 0 aromatic carbocycles. The summed E-state index contributed by atoms with van der Waals surface area (Å²) in [6.45, 7) is 3.73. The molecule has 1 aromatic heterocycles. The maximum absolute atomic E-state index is 13.0. The van der Waals surface area contributed by atoms with E-state index in [4.69, 9.17) is 5.11 Å². The predicted octanol–water partition coefficient (Wildman–Crippen LogP) is 1.55. The molecule has 0 fully saturated rings. The molecule has 0 bridgehead atoms. The maximum atomic E-state index is 13.0. The standard InChI is InChI=1S/C12H15FN2O3/c1-3-15(8(2)4-11(16)17)12(18)9-5-10(13)7-14-6-9/h5-8H,3-4H2,1-2H3,(H,16,17). The maximum Gasteiger partial charge on any atom is 0.305 e. The topological polar surface area (TPSA) is 70.5 Å². The van der Waals surface area contributed by atoms with Gasteiger partial charge >= 0.3 is 5.97 Å². The van der Waals surface area contributed by atoms with E-state index in [0.29, 0.717) is 6.54 Å². The molecule has 0 aliphatic rings. The molecule has 0 aliphatic heterocycles. The van der Waals surface area contributed by atoms with Crippen LogP contribution >= 0.6 is 0 Å². The summed E-state index contributed by atoms with van der Waals surface area (Å²) in [4.78, 5) is 27.7. The first-order valence-electron chi connectivity index (χ1n) is 5.59. The van der Waals surface area contributed by atoms with Crippen LogP contribution in [0.15, 0.2) is 18.5 Å². The third-order valence-corrected chi connectivity index (χ3v) is 2.56. The summed E-state index contributed by atoms with van der Waals surface area (Å²) in [5, 5.41) is 8.71. The lowest BCUT2D eigenvalue weighted by Gasteiger charge is -2.26. The lowest BCUT2D eigenvalue weighted by molar-refractivity contribution is -0.138. The van der Waals surface area contributed by atoms with Gasteiger partial charge < -0.3 is 10.0 Å². The highest BCUT2D eigenvalue weighted by molar-refractivity contribution is 5.94. The Balaban J connectivity index is 2.88. The molecule has 1 aromatic rings. The van der Waals surface area contributed by atoms with Crippen molar-refractivity contribution in [2.75, 3.05) is 6.54 Å². The number of aromatic nitrogens is 1. The van der Waals surface area contributed by atoms with Crippen LogP contribution in [0.25, 0.3) is 0 Å². The molecule has 0 spiro atoms. The number of carbonyl (C=O) groups excluding carboxylic acids is 1. The molecule has 1 N–H and O–H groups in total. The van der Waals surface area contributed by atoms with E-state index in [1.54, 1.807) is 13.8 Å². The number of hydrogen-bond acceptors (Lipinski definition) is 3. The zero-order valence-corrected chi connectivity index (χ0v) is 10.3. The first-order chi connectivity index (χ1) is 8.45. The Morgan fingerprint density at radius 3 is 2.67 bits per heavy atom. The Morgan fingerprint density at radius 2 is 2.17 bits per heavy atom. The van der Waals surface area contributed by atoms with Gasteiger partial charge in [0.05, 0.1) is 18.2 Å². The lowest BCUT2D eigenvalue weighted by atomic mass is 10.1. The van der Waals surface area contributed by atoms with E-state index in [1.807, 2.05) is 0 Å². The van der Waals surface area contributed by atoms with Gasteiger partial charge in [-0.3, -0.25) is 14.6 Å². The molecule has 5 nitrogen and oxygen atoms in total. The van der Waals surface area contributed by atoms with Crippen LogP contribution in [-0.4, -0.2) is 39.5 Å². The van der Waals surface area contributed by atoms with Gasteiger partial charge in [-0.1, -0.05) is 0 Å². The number of amides is 1. The molecule has 0 aliphatic carbocycles. The summed E-state index contributed by atoms with van der Waals surface area (Å²) in [5.74, 6) is -1.99. The fourth-order valence-corrected chi connectivity index (χ4v) is 1.71. The number of hydrogen-bond donors (Lipinski definition) is 1. The van der Waals surface area contributed by atoms with Gasteiger partial charge in [0.25, 0.3) is 5.91 Å². The van der Waals surface area contributed by atoms with Gasteiger partial charge in [-0.25, -0.2) is 4.39 Å². The van der Waals surface area contributed by atoms with E-state index >= 15 is 0 Å². The fourth-order valence-electron chi connectivity index (χ4n) is 1.71. The number of nitrogens with zero attached hydrogens (tertiary/aromatic N) is 2. The summed E-state index contributed by atoms with van der Waals surface area (Å²) in [7, 11) is 0. The molecule has 0 radical (unpaired) electrons. The van der Waals surface area contributed by atoms with E-state index in [0.717, 1.165) is 12.3 Å². The Kier molecular flexibility index (Phi) is 4.76. The van der Waals surface area contributed by atoms with Crippen LogP contribution in [-0.2, 0) is 4.79 Å². The highest BCUT2D eigenvalue weighted by atomic mass is 19.1. The number of aliphatic carboxylic acids is 1. The molecule has 1 atom stereocenters. The highest BCUT2D eigenvalue weighted by Crippen LogP contribution is 2.11. The van der Waals surface area contributed by atoms with E-state index in [2.05, 4.69) is 4.98 Å². The summed E-state index contributed by atoms with van der Waals surface area (Å²) in [5.41, 5.74) is 0.120. The van der Waals surface area contributed by atoms with Gasteiger partial charge in [0, 0.05) is 18.8 Å². The molecule has 1 amide bonds. The van der Waals surface area contributed by atoms with Crippen LogP contribution in [0.4, 0.5) is 4.39 Å². The Hall–Kier alpha value is -1.98. The van der Waals surface area contributed by atoms with Gasteiger partial charge in [0.1, 0.15) is 5.82 Å². The quantitative estimate of drug-likeness (QED) is 0.865. The highest BCUT2D eigenvalue weighted by Gasteiger charge is 2.22. The van der Waals surface area contributed by atoms with Crippen LogP contribution in [0.1, 0.15) is 30.6 Å². The molecule has 1 unspecified atom stereocenters. The first kappa shape index (κ1) is 14.1. The molecule has 0 saturated carbocycles. The van der Waals surface area contributed by atoms with Gasteiger partial charge in [-0.2, -0.15) is 0 Å². The van der Waals surface area contributed by atoms with Crippen molar-refractivity contribution in [1.29, 1.82) is 0 Å². The van der Waals surface area contributed by atoms with Gasteiger partial charge in [0.15, 0.2) is 0 Å². The number of carboxylic acids is 1. The normalized spacial score (nSPS) is 11.9.